The Balaban J connectivity index is 2.14. The SMILES string of the molecule is CCSCCc1cc2c(cc1CCC(=O)O)OCO2. The van der Waals surface area contributed by atoms with E-state index in [1.54, 1.807) is 0 Å². The largest absolute Gasteiger partial charge is 0.481 e. The summed E-state index contributed by atoms with van der Waals surface area (Å²) in [5.74, 6) is 2.86. The highest BCUT2D eigenvalue weighted by Gasteiger charge is 2.17. The van der Waals surface area contributed by atoms with Crippen molar-refractivity contribution in [3.63, 3.8) is 0 Å². The van der Waals surface area contributed by atoms with Crippen molar-refractivity contribution in [3.8, 4) is 11.5 Å². The summed E-state index contributed by atoms with van der Waals surface area (Å²) in [6, 6.07) is 3.92. The van der Waals surface area contributed by atoms with Crippen molar-refractivity contribution in [3.05, 3.63) is 23.3 Å². The summed E-state index contributed by atoms with van der Waals surface area (Å²) in [6.07, 6.45) is 1.62. The van der Waals surface area contributed by atoms with Crippen LogP contribution in [0.4, 0.5) is 0 Å². The van der Waals surface area contributed by atoms with Gasteiger partial charge in [-0.25, -0.2) is 0 Å². The lowest BCUT2D eigenvalue weighted by atomic mass is 10.00. The Hall–Kier alpha value is -1.36. The van der Waals surface area contributed by atoms with Crippen LogP contribution in [-0.4, -0.2) is 29.4 Å². The highest BCUT2D eigenvalue weighted by Crippen LogP contribution is 2.35. The number of carboxylic acid groups (broad SMARTS) is 1. The maximum Gasteiger partial charge on any atom is 0.303 e. The molecule has 0 fully saturated rings. The van der Waals surface area contributed by atoms with Gasteiger partial charge in [-0.15, -0.1) is 0 Å². The molecule has 1 aliphatic heterocycles. The third-order valence-corrected chi connectivity index (χ3v) is 3.92. The lowest BCUT2D eigenvalue weighted by Gasteiger charge is -2.10. The molecule has 0 atom stereocenters. The molecule has 0 unspecified atom stereocenters. The Morgan fingerprint density at radius 1 is 1.26 bits per heavy atom. The van der Waals surface area contributed by atoms with Gasteiger partial charge in [0.25, 0.3) is 0 Å². The summed E-state index contributed by atoms with van der Waals surface area (Å²) in [6.45, 7) is 2.39. The maximum atomic E-state index is 10.7. The first kappa shape index (κ1) is 14.1. The fourth-order valence-corrected chi connectivity index (χ4v) is 2.71. The molecule has 1 aromatic rings. The molecular formula is C14H18O4S. The second kappa shape index (κ2) is 6.70. The van der Waals surface area contributed by atoms with Gasteiger partial charge in [0, 0.05) is 6.42 Å². The van der Waals surface area contributed by atoms with Crippen molar-refractivity contribution >= 4 is 17.7 Å². The second-order valence-electron chi connectivity index (χ2n) is 4.31. The number of hydrogen-bond acceptors (Lipinski definition) is 4. The van der Waals surface area contributed by atoms with E-state index in [4.69, 9.17) is 14.6 Å². The van der Waals surface area contributed by atoms with Gasteiger partial charge in [-0.1, -0.05) is 6.92 Å². The number of carbonyl (C=O) groups is 1. The van der Waals surface area contributed by atoms with Crippen molar-refractivity contribution < 1.29 is 19.4 Å². The van der Waals surface area contributed by atoms with Crippen molar-refractivity contribution in [1.29, 1.82) is 0 Å². The number of carboxylic acids is 1. The summed E-state index contributed by atoms with van der Waals surface area (Å²) in [5.41, 5.74) is 2.23. The molecule has 2 rings (SSSR count). The molecule has 0 radical (unpaired) electrons. The van der Waals surface area contributed by atoms with Crippen LogP contribution in [-0.2, 0) is 17.6 Å². The summed E-state index contributed by atoms with van der Waals surface area (Å²) in [5, 5.41) is 8.81. The number of hydrogen-bond donors (Lipinski definition) is 1. The summed E-state index contributed by atoms with van der Waals surface area (Å²) >= 11 is 1.88. The molecule has 1 aliphatic rings. The van der Waals surface area contributed by atoms with Crippen LogP contribution in [0.1, 0.15) is 24.5 Å². The molecule has 0 aliphatic carbocycles. The van der Waals surface area contributed by atoms with Crippen molar-refractivity contribution in [2.45, 2.75) is 26.2 Å². The molecule has 0 amide bonds. The maximum absolute atomic E-state index is 10.7. The van der Waals surface area contributed by atoms with Gasteiger partial charge in [0.05, 0.1) is 0 Å². The molecule has 0 spiro atoms. The molecule has 1 aromatic carbocycles. The van der Waals surface area contributed by atoms with Crippen LogP contribution in [0, 0.1) is 0 Å². The lowest BCUT2D eigenvalue weighted by molar-refractivity contribution is -0.136. The van der Waals surface area contributed by atoms with Gasteiger partial charge in [0.15, 0.2) is 11.5 Å². The van der Waals surface area contributed by atoms with Crippen LogP contribution in [0.5, 0.6) is 11.5 Å². The molecule has 0 bridgehead atoms. The topological polar surface area (TPSA) is 55.8 Å². The Bertz CT molecular complexity index is 459. The monoisotopic (exact) mass is 282 g/mol. The van der Waals surface area contributed by atoms with Crippen LogP contribution < -0.4 is 9.47 Å². The zero-order chi connectivity index (χ0) is 13.7. The summed E-state index contributed by atoms with van der Waals surface area (Å²) in [4.78, 5) is 10.7. The number of fused-ring (bicyclic) bond motifs is 1. The minimum absolute atomic E-state index is 0.146. The van der Waals surface area contributed by atoms with Gasteiger partial charge in [-0.3, -0.25) is 4.79 Å². The predicted molar refractivity (Wildman–Crippen MR) is 75.2 cm³/mol. The van der Waals surface area contributed by atoms with Crippen molar-refractivity contribution in [1.82, 2.24) is 0 Å². The number of rotatable bonds is 7. The molecule has 1 N–H and O–H groups in total. The van der Waals surface area contributed by atoms with Gasteiger partial charge in [-0.2, -0.15) is 11.8 Å². The Kier molecular flexibility index (Phi) is 4.96. The summed E-state index contributed by atoms with van der Waals surface area (Å²) in [7, 11) is 0. The average Bonchev–Trinajstić information content (AvgIpc) is 2.83. The van der Waals surface area contributed by atoms with E-state index in [0.717, 1.165) is 35.0 Å². The molecule has 0 aromatic heterocycles. The van der Waals surface area contributed by atoms with E-state index in [1.807, 2.05) is 23.9 Å². The predicted octanol–water partition coefficient (Wildman–Crippen LogP) is 2.73. The van der Waals surface area contributed by atoms with E-state index >= 15 is 0 Å². The number of aliphatic carboxylic acids is 1. The van der Waals surface area contributed by atoms with Crippen LogP contribution in [0.25, 0.3) is 0 Å². The van der Waals surface area contributed by atoms with Crippen molar-refractivity contribution in [2.24, 2.45) is 0 Å². The van der Waals surface area contributed by atoms with Crippen LogP contribution >= 0.6 is 11.8 Å². The molecule has 5 heteroatoms. The van der Waals surface area contributed by atoms with Crippen molar-refractivity contribution in [2.75, 3.05) is 18.3 Å². The van der Waals surface area contributed by atoms with Gasteiger partial charge in [0.2, 0.25) is 6.79 Å². The Morgan fingerprint density at radius 3 is 2.47 bits per heavy atom. The first-order valence-electron chi connectivity index (χ1n) is 6.41. The Morgan fingerprint density at radius 2 is 1.89 bits per heavy atom. The third-order valence-electron chi connectivity index (χ3n) is 3.02. The second-order valence-corrected chi connectivity index (χ2v) is 5.71. The lowest BCUT2D eigenvalue weighted by Crippen LogP contribution is -2.02. The molecule has 19 heavy (non-hydrogen) atoms. The zero-order valence-corrected chi connectivity index (χ0v) is 11.8. The molecular weight excluding hydrogens is 264 g/mol. The number of benzene rings is 1. The normalized spacial score (nSPS) is 12.7. The summed E-state index contributed by atoms with van der Waals surface area (Å²) < 4.78 is 10.7. The van der Waals surface area contributed by atoms with Crippen LogP contribution in [0.3, 0.4) is 0 Å². The van der Waals surface area contributed by atoms with E-state index in [0.29, 0.717) is 6.42 Å². The molecule has 1 heterocycles. The van der Waals surface area contributed by atoms with Gasteiger partial charge >= 0.3 is 5.97 Å². The van der Waals surface area contributed by atoms with Crippen LogP contribution in [0.15, 0.2) is 12.1 Å². The van der Waals surface area contributed by atoms with E-state index in [9.17, 15) is 4.79 Å². The van der Waals surface area contributed by atoms with Gasteiger partial charge in [-0.05, 0) is 47.6 Å². The van der Waals surface area contributed by atoms with E-state index in [-0.39, 0.29) is 13.2 Å². The van der Waals surface area contributed by atoms with E-state index in [1.165, 1.54) is 5.56 Å². The highest BCUT2D eigenvalue weighted by molar-refractivity contribution is 7.99. The number of aryl methyl sites for hydroxylation is 2. The van der Waals surface area contributed by atoms with E-state index < -0.39 is 5.97 Å². The highest BCUT2D eigenvalue weighted by atomic mass is 32.2. The van der Waals surface area contributed by atoms with E-state index in [2.05, 4.69) is 6.92 Å². The molecule has 104 valence electrons. The van der Waals surface area contributed by atoms with Gasteiger partial charge in [0.1, 0.15) is 0 Å². The molecule has 0 saturated heterocycles. The number of ether oxygens (including phenoxy) is 2. The molecule has 0 saturated carbocycles. The van der Waals surface area contributed by atoms with Crippen LogP contribution in [0.2, 0.25) is 0 Å². The minimum atomic E-state index is -0.772. The Labute approximate surface area is 117 Å². The molecule has 4 nitrogen and oxygen atoms in total. The average molecular weight is 282 g/mol. The quantitative estimate of drug-likeness (QED) is 0.779. The van der Waals surface area contributed by atoms with Gasteiger partial charge < -0.3 is 14.6 Å². The zero-order valence-electron chi connectivity index (χ0n) is 11.0. The standard InChI is InChI=1S/C14H18O4S/c1-2-19-6-5-11-8-13-12(17-9-18-13)7-10(11)3-4-14(15)16/h7-8H,2-6,9H2,1H3,(H,15,16). The minimum Gasteiger partial charge on any atom is -0.481 e. The smallest absolute Gasteiger partial charge is 0.303 e. The third kappa shape index (κ3) is 3.80. The first-order valence-corrected chi connectivity index (χ1v) is 7.57. The first-order chi connectivity index (χ1) is 9.20. The number of thioether (sulfide) groups is 1. The fourth-order valence-electron chi connectivity index (χ4n) is 2.06. The fraction of sp³-hybridized carbons (Fsp3) is 0.500.